The van der Waals surface area contributed by atoms with Crippen molar-refractivity contribution in [3.05, 3.63) is 0 Å². The molecule has 0 heterocycles. The molecule has 0 saturated carbocycles. The third kappa shape index (κ3) is 2.14. The lowest BCUT2D eigenvalue weighted by Gasteiger charge is -2.17. The van der Waals surface area contributed by atoms with E-state index in [4.69, 9.17) is 11.6 Å². The second-order valence-corrected chi connectivity index (χ2v) is 2.95. The molecule has 0 rings (SSSR count). The summed E-state index contributed by atoms with van der Waals surface area (Å²) in [4.78, 5) is 20.2. The van der Waals surface area contributed by atoms with Crippen LogP contribution < -0.4 is 0 Å². The molecule has 0 aromatic rings. The van der Waals surface area contributed by atoms with E-state index in [2.05, 4.69) is 0 Å². The number of hydrogen-bond donors (Lipinski definition) is 0. The van der Waals surface area contributed by atoms with Crippen molar-refractivity contribution in [3.8, 4) is 0 Å². The summed E-state index contributed by atoms with van der Waals surface area (Å²) >= 11 is 5.46. The molecule has 0 N–H and O–H groups in total. The highest BCUT2D eigenvalue weighted by molar-refractivity contribution is 6.29. The van der Waals surface area contributed by atoms with E-state index in [1.807, 2.05) is 0 Å². The molecule has 1 unspecified atom stereocenters. The van der Waals surface area contributed by atoms with E-state index in [-0.39, 0.29) is 0 Å². The maximum absolute atomic E-state index is 10.2. The molecule has 0 aliphatic heterocycles. The van der Waals surface area contributed by atoms with Crippen molar-refractivity contribution in [2.24, 2.45) is 5.41 Å². The molecule has 3 heteroatoms. The first-order valence-corrected chi connectivity index (χ1v) is 3.04. The summed E-state index contributed by atoms with van der Waals surface area (Å²) in [7, 11) is 0. The van der Waals surface area contributed by atoms with Gasteiger partial charge in [-0.3, -0.25) is 0 Å². The topological polar surface area (TPSA) is 34.1 Å². The van der Waals surface area contributed by atoms with Crippen LogP contribution in [0.3, 0.4) is 0 Å². The first-order chi connectivity index (χ1) is 4.04. The predicted octanol–water partition coefficient (Wildman–Crippen LogP) is 1.02. The van der Waals surface area contributed by atoms with Crippen molar-refractivity contribution < 1.29 is 9.59 Å². The SMILES string of the molecule is CC(C)(C=O)C(Cl)C=O. The van der Waals surface area contributed by atoms with E-state index in [1.165, 1.54) is 0 Å². The predicted molar refractivity (Wildman–Crippen MR) is 35.5 cm³/mol. The van der Waals surface area contributed by atoms with Crippen LogP contribution in [0, 0.1) is 5.41 Å². The third-order valence-electron chi connectivity index (χ3n) is 1.13. The van der Waals surface area contributed by atoms with Gasteiger partial charge in [-0.2, -0.15) is 0 Å². The van der Waals surface area contributed by atoms with E-state index < -0.39 is 10.8 Å². The van der Waals surface area contributed by atoms with Crippen molar-refractivity contribution in [3.63, 3.8) is 0 Å². The van der Waals surface area contributed by atoms with Crippen LogP contribution in [0.2, 0.25) is 0 Å². The van der Waals surface area contributed by atoms with Crippen LogP contribution in [0.4, 0.5) is 0 Å². The van der Waals surface area contributed by atoms with Crippen molar-refractivity contribution in [1.29, 1.82) is 0 Å². The van der Waals surface area contributed by atoms with Gasteiger partial charge in [0.1, 0.15) is 17.9 Å². The molecule has 0 amide bonds. The Hall–Kier alpha value is -0.370. The lowest BCUT2D eigenvalue weighted by atomic mass is 9.92. The molecule has 0 aliphatic carbocycles. The van der Waals surface area contributed by atoms with Crippen LogP contribution in [0.1, 0.15) is 13.8 Å². The van der Waals surface area contributed by atoms with Gasteiger partial charge in [0.15, 0.2) is 0 Å². The van der Waals surface area contributed by atoms with Gasteiger partial charge in [-0.25, -0.2) is 0 Å². The Morgan fingerprint density at radius 1 is 1.44 bits per heavy atom. The van der Waals surface area contributed by atoms with Gasteiger partial charge < -0.3 is 9.59 Å². The van der Waals surface area contributed by atoms with E-state index in [0.717, 1.165) is 0 Å². The second-order valence-electron chi connectivity index (χ2n) is 2.48. The van der Waals surface area contributed by atoms with E-state index >= 15 is 0 Å². The zero-order chi connectivity index (χ0) is 7.49. The molecule has 2 nitrogen and oxygen atoms in total. The number of rotatable bonds is 3. The summed E-state index contributed by atoms with van der Waals surface area (Å²) in [6.45, 7) is 3.23. The van der Waals surface area contributed by atoms with Crippen LogP contribution in [-0.2, 0) is 9.59 Å². The largest absolute Gasteiger partial charge is 0.303 e. The Morgan fingerprint density at radius 3 is 2.00 bits per heavy atom. The van der Waals surface area contributed by atoms with Gasteiger partial charge >= 0.3 is 0 Å². The second kappa shape index (κ2) is 2.97. The summed E-state index contributed by atoms with van der Waals surface area (Å²) in [5.74, 6) is 0. The molecule has 0 fully saturated rings. The quantitative estimate of drug-likeness (QED) is 0.442. The average Bonchev–Trinajstić information content (AvgIpc) is 1.86. The lowest BCUT2D eigenvalue weighted by Crippen LogP contribution is -2.27. The summed E-state index contributed by atoms with van der Waals surface area (Å²) < 4.78 is 0. The lowest BCUT2D eigenvalue weighted by molar-refractivity contribution is -0.118. The smallest absolute Gasteiger partial charge is 0.138 e. The molecule has 0 bridgehead atoms. The first kappa shape index (κ1) is 8.63. The molecule has 0 saturated heterocycles. The highest BCUT2D eigenvalue weighted by atomic mass is 35.5. The standard InChI is InChI=1S/C6H9ClO2/c1-6(2,4-9)5(7)3-8/h3-5H,1-2H3. The molecule has 52 valence electrons. The van der Waals surface area contributed by atoms with E-state index in [9.17, 15) is 9.59 Å². The zero-order valence-electron chi connectivity index (χ0n) is 5.43. The van der Waals surface area contributed by atoms with Gasteiger partial charge in [0.05, 0.1) is 0 Å². The third-order valence-corrected chi connectivity index (χ3v) is 1.80. The fraction of sp³-hybridized carbons (Fsp3) is 0.667. The summed E-state index contributed by atoms with van der Waals surface area (Å²) in [6.07, 6.45) is 1.25. The number of aldehydes is 2. The number of alkyl halides is 1. The number of carbonyl (C=O) groups is 2. The molecule has 1 atom stereocenters. The fourth-order valence-corrected chi connectivity index (χ4v) is 0.292. The van der Waals surface area contributed by atoms with Crippen molar-refractivity contribution in [2.45, 2.75) is 19.2 Å². The molecule has 0 aliphatic rings. The minimum atomic E-state index is -0.733. The first-order valence-electron chi connectivity index (χ1n) is 2.60. The van der Waals surface area contributed by atoms with Gasteiger partial charge in [0, 0.05) is 5.41 Å². The zero-order valence-corrected chi connectivity index (χ0v) is 6.18. The van der Waals surface area contributed by atoms with Gasteiger partial charge in [0.2, 0.25) is 0 Å². The number of halogens is 1. The van der Waals surface area contributed by atoms with Crippen LogP contribution in [-0.4, -0.2) is 17.9 Å². The van der Waals surface area contributed by atoms with Gasteiger partial charge in [-0.1, -0.05) is 13.8 Å². The normalized spacial score (nSPS) is 14.6. The van der Waals surface area contributed by atoms with Crippen LogP contribution in [0.15, 0.2) is 0 Å². The fourth-order valence-electron chi connectivity index (χ4n) is 0.240. The van der Waals surface area contributed by atoms with Crippen LogP contribution in [0.5, 0.6) is 0 Å². The van der Waals surface area contributed by atoms with Gasteiger partial charge in [0.25, 0.3) is 0 Å². The van der Waals surface area contributed by atoms with Crippen LogP contribution in [0.25, 0.3) is 0 Å². The van der Waals surface area contributed by atoms with E-state index in [1.54, 1.807) is 13.8 Å². The number of hydrogen-bond acceptors (Lipinski definition) is 2. The molecule has 0 aromatic carbocycles. The maximum Gasteiger partial charge on any atom is 0.138 e. The molecule has 0 radical (unpaired) electrons. The van der Waals surface area contributed by atoms with Crippen molar-refractivity contribution in [2.75, 3.05) is 0 Å². The Labute approximate surface area is 59.2 Å². The molecule has 0 spiro atoms. The van der Waals surface area contributed by atoms with Crippen LogP contribution >= 0.6 is 11.6 Å². The Balaban J connectivity index is 4.11. The Bertz CT molecular complexity index is 120. The highest BCUT2D eigenvalue weighted by Crippen LogP contribution is 2.20. The van der Waals surface area contributed by atoms with E-state index in [0.29, 0.717) is 12.6 Å². The minimum Gasteiger partial charge on any atom is -0.303 e. The number of carbonyl (C=O) groups excluding carboxylic acids is 2. The summed E-state index contributed by atoms with van der Waals surface area (Å²) in [6, 6.07) is 0. The summed E-state index contributed by atoms with van der Waals surface area (Å²) in [5, 5.41) is -0.713. The van der Waals surface area contributed by atoms with Crippen molar-refractivity contribution >= 4 is 24.2 Å². The van der Waals surface area contributed by atoms with Gasteiger partial charge in [-0.05, 0) is 0 Å². The summed E-state index contributed by atoms with van der Waals surface area (Å²) in [5.41, 5.74) is -0.733. The Morgan fingerprint density at radius 2 is 1.89 bits per heavy atom. The Kier molecular flexibility index (Phi) is 2.85. The molecular weight excluding hydrogens is 140 g/mol. The maximum atomic E-state index is 10.2. The van der Waals surface area contributed by atoms with Crippen molar-refractivity contribution in [1.82, 2.24) is 0 Å². The monoisotopic (exact) mass is 148 g/mol. The highest BCUT2D eigenvalue weighted by Gasteiger charge is 2.26. The molecule has 9 heavy (non-hydrogen) atoms. The minimum absolute atomic E-state index is 0.565. The molecular formula is C6H9ClO2. The average molecular weight is 149 g/mol. The van der Waals surface area contributed by atoms with Gasteiger partial charge in [-0.15, -0.1) is 11.6 Å². The molecule has 0 aromatic heterocycles.